The standard InChI is InChI=1S/C24H33FN4/c1-7-9-17(2)24(29-19(4)12-13-27-29)14-18(3)20(5)26-16-22-10-8-11-23(15-22)28-21(6)25/h8-12,14-15,21,26-28H,3,5,7,13,16H2,1-2,4,6H3/b17-9?,24-14-. The fraction of sp³-hybridized carbons (Fsp3) is 0.333. The van der Waals surface area contributed by atoms with Gasteiger partial charge in [0.15, 0.2) is 6.30 Å². The number of allylic oxidation sites excluding steroid dienone is 4. The van der Waals surface area contributed by atoms with Gasteiger partial charge in [-0.2, -0.15) is 0 Å². The molecule has 156 valence electrons. The molecule has 1 aliphatic rings. The summed E-state index contributed by atoms with van der Waals surface area (Å²) in [6, 6.07) is 7.68. The molecule has 0 fully saturated rings. The monoisotopic (exact) mass is 396 g/mol. The van der Waals surface area contributed by atoms with E-state index in [-0.39, 0.29) is 0 Å². The van der Waals surface area contributed by atoms with Crippen LogP contribution in [0, 0.1) is 0 Å². The van der Waals surface area contributed by atoms with E-state index in [2.05, 4.69) is 73.2 Å². The highest BCUT2D eigenvalue weighted by Crippen LogP contribution is 2.23. The zero-order valence-electron chi connectivity index (χ0n) is 18.0. The van der Waals surface area contributed by atoms with Crippen LogP contribution in [0.5, 0.6) is 0 Å². The first-order valence-electron chi connectivity index (χ1n) is 10.0. The molecular weight excluding hydrogens is 363 g/mol. The van der Waals surface area contributed by atoms with E-state index in [9.17, 15) is 4.39 Å². The Morgan fingerprint density at radius 2 is 2.14 bits per heavy atom. The van der Waals surface area contributed by atoms with E-state index in [0.29, 0.717) is 6.54 Å². The molecule has 0 saturated heterocycles. The number of hydrogen-bond donors (Lipinski definition) is 3. The smallest absolute Gasteiger partial charge is 0.167 e. The van der Waals surface area contributed by atoms with Crippen LogP contribution in [0.1, 0.15) is 39.7 Å². The Bertz CT molecular complexity index is 833. The number of nitrogens with zero attached hydrogens (tertiary/aromatic N) is 1. The molecule has 1 aromatic carbocycles. The van der Waals surface area contributed by atoms with Crippen molar-refractivity contribution in [3.8, 4) is 0 Å². The van der Waals surface area contributed by atoms with Crippen LogP contribution in [0.2, 0.25) is 0 Å². The molecule has 0 spiro atoms. The molecule has 5 heteroatoms. The van der Waals surface area contributed by atoms with Crippen molar-refractivity contribution in [1.82, 2.24) is 15.8 Å². The minimum Gasteiger partial charge on any atom is -0.381 e. The highest BCUT2D eigenvalue weighted by atomic mass is 19.1. The van der Waals surface area contributed by atoms with Crippen LogP contribution >= 0.6 is 0 Å². The zero-order valence-corrected chi connectivity index (χ0v) is 18.0. The van der Waals surface area contributed by atoms with E-state index in [4.69, 9.17) is 0 Å². The Kier molecular flexibility index (Phi) is 8.28. The van der Waals surface area contributed by atoms with Gasteiger partial charge >= 0.3 is 0 Å². The predicted octanol–water partition coefficient (Wildman–Crippen LogP) is 5.54. The normalized spacial score (nSPS) is 15.8. The van der Waals surface area contributed by atoms with Crippen molar-refractivity contribution < 1.29 is 4.39 Å². The summed E-state index contributed by atoms with van der Waals surface area (Å²) in [5.41, 5.74) is 10.2. The van der Waals surface area contributed by atoms with Crippen LogP contribution < -0.4 is 16.1 Å². The number of hydrogen-bond acceptors (Lipinski definition) is 4. The van der Waals surface area contributed by atoms with Gasteiger partial charge in [-0.3, -0.25) is 5.01 Å². The van der Waals surface area contributed by atoms with Crippen LogP contribution in [0.3, 0.4) is 0 Å². The Morgan fingerprint density at radius 1 is 1.38 bits per heavy atom. The van der Waals surface area contributed by atoms with Crippen molar-refractivity contribution in [2.24, 2.45) is 0 Å². The van der Waals surface area contributed by atoms with Crippen LogP contribution in [-0.4, -0.2) is 17.8 Å². The van der Waals surface area contributed by atoms with E-state index in [1.165, 1.54) is 12.5 Å². The van der Waals surface area contributed by atoms with Gasteiger partial charge in [-0.1, -0.05) is 38.3 Å². The molecule has 2 rings (SSSR count). The van der Waals surface area contributed by atoms with Gasteiger partial charge in [-0.05, 0) is 68.2 Å². The van der Waals surface area contributed by atoms with E-state index >= 15 is 0 Å². The fourth-order valence-corrected chi connectivity index (χ4v) is 3.12. The van der Waals surface area contributed by atoms with Crippen LogP contribution in [0.15, 0.2) is 83.9 Å². The average Bonchev–Trinajstić information content (AvgIpc) is 3.09. The first-order chi connectivity index (χ1) is 13.8. The molecule has 3 N–H and O–H groups in total. The Labute approximate surface area is 174 Å². The zero-order chi connectivity index (χ0) is 21.4. The van der Waals surface area contributed by atoms with Crippen molar-refractivity contribution in [3.05, 3.63) is 89.5 Å². The quantitative estimate of drug-likeness (QED) is 0.359. The number of rotatable bonds is 10. The van der Waals surface area contributed by atoms with Gasteiger partial charge < -0.3 is 10.6 Å². The minimum absolute atomic E-state index is 0.585. The minimum atomic E-state index is -1.09. The maximum absolute atomic E-state index is 13.2. The summed E-state index contributed by atoms with van der Waals surface area (Å²) in [5.74, 6) is 0. The van der Waals surface area contributed by atoms with Gasteiger partial charge in [0.2, 0.25) is 0 Å². The van der Waals surface area contributed by atoms with Gasteiger partial charge in [-0.25, -0.2) is 9.82 Å². The number of benzene rings is 1. The lowest BCUT2D eigenvalue weighted by atomic mass is 10.1. The molecule has 0 amide bonds. The molecule has 1 unspecified atom stereocenters. The first kappa shape index (κ1) is 22.5. The molecule has 0 bridgehead atoms. The third-order valence-corrected chi connectivity index (χ3v) is 4.65. The van der Waals surface area contributed by atoms with Crippen LogP contribution in [0.25, 0.3) is 0 Å². The maximum atomic E-state index is 13.2. The molecule has 29 heavy (non-hydrogen) atoms. The number of hydrazine groups is 1. The highest BCUT2D eigenvalue weighted by Gasteiger charge is 2.17. The van der Waals surface area contributed by atoms with Gasteiger partial charge in [-0.15, -0.1) is 0 Å². The summed E-state index contributed by atoms with van der Waals surface area (Å²) in [4.78, 5) is 0. The first-order valence-corrected chi connectivity index (χ1v) is 10.0. The summed E-state index contributed by atoms with van der Waals surface area (Å²) in [7, 11) is 0. The predicted molar refractivity (Wildman–Crippen MR) is 121 cm³/mol. The molecule has 0 saturated carbocycles. The van der Waals surface area contributed by atoms with Gasteiger partial charge in [0.05, 0.1) is 5.70 Å². The molecular formula is C24H33FN4. The Hall–Kier alpha value is -2.79. The lowest BCUT2D eigenvalue weighted by molar-refractivity contribution is 0.361. The van der Waals surface area contributed by atoms with E-state index in [1.54, 1.807) is 0 Å². The Morgan fingerprint density at radius 3 is 2.76 bits per heavy atom. The molecule has 4 nitrogen and oxygen atoms in total. The molecule has 1 aromatic rings. The van der Waals surface area contributed by atoms with E-state index in [0.717, 1.165) is 46.9 Å². The van der Waals surface area contributed by atoms with Crippen LogP contribution in [-0.2, 0) is 6.54 Å². The molecule has 1 atom stereocenters. The molecule has 0 aliphatic carbocycles. The van der Waals surface area contributed by atoms with Crippen molar-refractivity contribution in [1.29, 1.82) is 0 Å². The van der Waals surface area contributed by atoms with Crippen molar-refractivity contribution in [3.63, 3.8) is 0 Å². The fourth-order valence-electron chi connectivity index (χ4n) is 3.12. The third kappa shape index (κ3) is 6.64. The van der Waals surface area contributed by atoms with Gasteiger partial charge in [0, 0.05) is 30.2 Å². The number of anilines is 1. The summed E-state index contributed by atoms with van der Waals surface area (Å²) >= 11 is 0. The molecule has 0 radical (unpaired) electrons. The molecule has 1 aliphatic heterocycles. The topological polar surface area (TPSA) is 39.3 Å². The summed E-state index contributed by atoms with van der Waals surface area (Å²) in [6.45, 7) is 17.5. The van der Waals surface area contributed by atoms with Crippen molar-refractivity contribution in [2.75, 3.05) is 11.9 Å². The Balaban J connectivity index is 2.08. The molecule has 1 heterocycles. The van der Waals surface area contributed by atoms with E-state index in [1.807, 2.05) is 24.3 Å². The summed E-state index contributed by atoms with van der Waals surface area (Å²) < 4.78 is 13.2. The summed E-state index contributed by atoms with van der Waals surface area (Å²) in [6.07, 6.45) is 6.28. The van der Waals surface area contributed by atoms with Gasteiger partial charge in [0.25, 0.3) is 0 Å². The lowest BCUT2D eigenvalue weighted by Crippen LogP contribution is -2.31. The van der Waals surface area contributed by atoms with Crippen molar-refractivity contribution in [2.45, 2.75) is 47.0 Å². The van der Waals surface area contributed by atoms with E-state index < -0.39 is 6.30 Å². The van der Waals surface area contributed by atoms with Crippen molar-refractivity contribution >= 4 is 5.69 Å². The SMILES string of the molecule is C=C(/C=C(/C(C)=CCC)N1NCC=C1C)C(=C)NCc1cccc(NC(C)F)c1. The maximum Gasteiger partial charge on any atom is 0.167 e. The molecule has 0 aromatic heterocycles. The van der Waals surface area contributed by atoms with Crippen LogP contribution in [0.4, 0.5) is 10.1 Å². The number of alkyl halides is 1. The lowest BCUT2D eigenvalue weighted by Gasteiger charge is -2.25. The number of halogens is 1. The average molecular weight is 397 g/mol. The second kappa shape index (κ2) is 10.7. The third-order valence-electron chi connectivity index (χ3n) is 4.65. The highest BCUT2D eigenvalue weighted by molar-refractivity contribution is 5.47. The van der Waals surface area contributed by atoms with Gasteiger partial charge in [0.1, 0.15) is 0 Å². The second-order valence-electron chi connectivity index (χ2n) is 7.19. The summed E-state index contributed by atoms with van der Waals surface area (Å²) in [5, 5.41) is 8.19. The number of nitrogens with one attached hydrogen (secondary N) is 3. The largest absolute Gasteiger partial charge is 0.381 e. The second-order valence-corrected chi connectivity index (χ2v) is 7.19.